The normalized spacial score (nSPS) is 13.4. The first-order chi connectivity index (χ1) is 15.8. The molecule has 4 nitrogen and oxygen atoms in total. The number of carbonyl (C=O) groups is 2. The Morgan fingerprint density at radius 2 is 1.38 bits per heavy atom. The Kier molecular flexibility index (Phi) is 11.8. The van der Waals surface area contributed by atoms with E-state index < -0.39 is 42.4 Å². The number of amides is 1. The number of halogens is 7. The lowest BCUT2D eigenvalue weighted by Crippen LogP contribution is -2.61. The molecule has 1 rings (SSSR count). The molecule has 1 N–H and O–H groups in total. The van der Waals surface area contributed by atoms with Gasteiger partial charge in [0.2, 0.25) is 0 Å². The van der Waals surface area contributed by atoms with E-state index in [1.807, 2.05) is 0 Å². The highest BCUT2D eigenvalue weighted by Crippen LogP contribution is 2.46. The van der Waals surface area contributed by atoms with Crippen LogP contribution in [0.15, 0.2) is 30.3 Å². The molecule has 0 saturated carbocycles. The quantitative estimate of drug-likeness (QED) is 0.176. The van der Waals surface area contributed by atoms with Gasteiger partial charge < -0.3 is 10.1 Å². The molecule has 34 heavy (non-hydrogen) atoms. The van der Waals surface area contributed by atoms with Gasteiger partial charge in [0.05, 0.1) is 6.61 Å². The summed E-state index contributed by atoms with van der Waals surface area (Å²) in [6, 6.07) is 5.73. The number of hydrogen-bond acceptors (Lipinski definition) is 3. The van der Waals surface area contributed by atoms with Crippen LogP contribution in [0.5, 0.6) is 0 Å². The van der Waals surface area contributed by atoms with Crippen LogP contribution in [0.2, 0.25) is 0 Å². The van der Waals surface area contributed by atoms with Crippen LogP contribution in [0.4, 0.5) is 30.7 Å². The SMILES string of the molecule is CCCCCCCCCCOC(=O)C(Cc1ccccc1)NC(=O)C(F)(F)C(F)(F)C(F)(F)F. The minimum atomic E-state index is -6.67. The van der Waals surface area contributed by atoms with Crippen molar-refractivity contribution in [1.29, 1.82) is 0 Å². The molecule has 194 valence electrons. The van der Waals surface area contributed by atoms with Crippen molar-refractivity contribution in [2.24, 2.45) is 0 Å². The van der Waals surface area contributed by atoms with Gasteiger partial charge in [0.25, 0.3) is 5.91 Å². The van der Waals surface area contributed by atoms with Crippen LogP contribution in [0, 0.1) is 0 Å². The second kappa shape index (κ2) is 13.5. The van der Waals surface area contributed by atoms with E-state index in [1.54, 1.807) is 6.07 Å². The van der Waals surface area contributed by atoms with Crippen molar-refractivity contribution in [2.45, 2.75) is 88.8 Å². The van der Waals surface area contributed by atoms with Gasteiger partial charge in [-0.05, 0) is 12.0 Å². The Labute approximate surface area is 194 Å². The molecule has 0 saturated heterocycles. The molecule has 0 aliphatic rings. The third-order valence-electron chi connectivity index (χ3n) is 5.15. The van der Waals surface area contributed by atoms with Crippen molar-refractivity contribution in [3.8, 4) is 0 Å². The Morgan fingerprint density at radius 3 is 1.91 bits per heavy atom. The van der Waals surface area contributed by atoms with Gasteiger partial charge in [-0.15, -0.1) is 0 Å². The lowest BCUT2D eigenvalue weighted by molar-refractivity contribution is -0.344. The number of unbranched alkanes of at least 4 members (excludes halogenated alkanes) is 7. The Hall–Kier alpha value is -2.33. The number of hydrogen-bond donors (Lipinski definition) is 1. The predicted molar refractivity (Wildman–Crippen MR) is 112 cm³/mol. The summed E-state index contributed by atoms with van der Waals surface area (Å²) in [6.45, 7) is 1.99. The van der Waals surface area contributed by atoms with Crippen molar-refractivity contribution in [2.75, 3.05) is 6.61 Å². The molecule has 0 spiro atoms. The summed E-state index contributed by atoms with van der Waals surface area (Å²) in [4.78, 5) is 24.1. The highest BCUT2D eigenvalue weighted by Gasteiger charge is 2.76. The molecule has 0 radical (unpaired) electrons. The number of nitrogens with one attached hydrogen (secondary N) is 1. The van der Waals surface area contributed by atoms with Crippen molar-refractivity contribution < 1.29 is 45.1 Å². The molecule has 0 aliphatic heterocycles. The fourth-order valence-electron chi connectivity index (χ4n) is 3.12. The third-order valence-corrected chi connectivity index (χ3v) is 5.15. The molecule has 0 fully saturated rings. The Morgan fingerprint density at radius 1 is 0.853 bits per heavy atom. The number of carbonyl (C=O) groups excluding carboxylic acids is 2. The first-order valence-corrected chi connectivity index (χ1v) is 11.2. The van der Waals surface area contributed by atoms with Gasteiger partial charge in [-0.25, -0.2) is 4.79 Å². The molecular weight excluding hydrogens is 471 g/mol. The average molecular weight is 501 g/mol. The van der Waals surface area contributed by atoms with Crippen LogP contribution >= 0.6 is 0 Å². The van der Waals surface area contributed by atoms with Crippen molar-refractivity contribution in [3.05, 3.63) is 35.9 Å². The zero-order valence-electron chi connectivity index (χ0n) is 18.9. The summed E-state index contributed by atoms with van der Waals surface area (Å²) < 4.78 is 96.0. The summed E-state index contributed by atoms with van der Waals surface area (Å²) in [5.74, 6) is -16.9. The smallest absolute Gasteiger partial charge is 0.460 e. The summed E-state index contributed by atoms with van der Waals surface area (Å²) in [5.41, 5.74) is 0.350. The predicted octanol–water partition coefficient (Wildman–Crippen LogP) is 6.23. The molecule has 0 aliphatic carbocycles. The van der Waals surface area contributed by atoms with E-state index in [-0.39, 0.29) is 6.61 Å². The van der Waals surface area contributed by atoms with E-state index in [1.165, 1.54) is 29.6 Å². The molecule has 0 bridgehead atoms. The van der Waals surface area contributed by atoms with Crippen LogP contribution in [-0.4, -0.2) is 42.5 Å². The molecule has 1 unspecified atom stereocenters. The van der Waals surface area contributed by atoms with Gasteiger partial charge in [-0.1, -0.05) is 82.2 Å². The highest BCUT2D eigenvalue weighted by molar-refractivity contribution is 5.89. The second-order valence-corrected chi connectivity index (χ2v) is 8.00. The molecule has 0 heterocycles. The summed E-state index contributed by atoms with van der Waals surface area (Å²) in [6.07, 6.45) is 0.457. The Balaban J connectivity index is 2.74. The minimum absolute atomic E-state index is 0.107. The van der Waals surface area contributed by atoms with Crippen LogP contribution in [0.25, 0.3) is 0 Å². The lowest BCUT2D eigenvalue weighted by atomic mass is 10.0. The first kappa shape index (κ1) is 29.7. The fraction of sp³-hybridized carbons (Fsp3) is 0.652. The minimum Gasteiger partial charge on any atom is -0.464 e. The lowest BCUT2D eigenvalue weighted by Gasteiger charge is -2.28. The molecule has 1 amide bonds. The zero-order chi connectivity index (χ0) is 25.8. The largest absolute Gasteiger partial charge is 0.464 e. The van der Waals surface area contributed by atoms with Gasteiger partial charge in [0.1, 0.15) is 6.04 Å². The number of ether oxygens (including phenoxy) is 1. The molecule has 11 heteroatoms. The maximum Gasteiger partial charge on any atom is 0.460 e. The summed E-state index contributed by atoms with van der Waals surface area (Å²) in [5, 5.41) is 1.32. The van der Waals surface area contributed by atoms with Crippen molar-refractivity contribution >= 4 is 11.9 Å². The van der Waals surface area contributed by atoms with E-state index in [0.29, 0.717) is 12.0 Å². The number of rotatable bonds is 15. The van der Waals surface area contributed by atoms with Crippen LogP contribution in [-0.2, 0) is 20.7 Å². The molecule has 1 aromatic carbocycles. The third kappa shape index (κ3) is 8.79. The number of alkyl halides is 7. The summed E-state index contributed by atoms with van der Waals surface area (Å²) >= 11 is 0. The summed E-state index contributed by atoms with van der Waals surface area (Å²) in [7, 11) is 0. The van der Waals surface area contributed by atoms with Crippen LogP contribution in [0.3, 0.4) is 0 Å². The maximum atomic E-state index is 13.7. The van der Waals surface area contributed by atoms with Gasteiger partial charge in [-0.2, -0.15) is 30.7 Å². The van der Waals surface area contributed by atoms with Crippen LogP contribution in [0.1, 0.15) is 63.9 Å². The van der Waals surface area contributed by atoms with E-state index in [4.69, 9.17) is 4.74 Å². The van der Waals surface area contributed by atoms with Crippen LogP contribution < -0.4 is 5.32 Å². The van der Waals surface area contributed by atoms with Gasteiger partial charge in [0, 0.05) is 6.42 Å². The highest BCUT2D eigenvalue weighted by atomic mass is 19.4. The van der Waals surface area contributed by atoms with Crippen molar-refractivity contribution in [1.82, 2.24) is 5.32 Å². The average Bonchev–Trinajstić information content (AvgIpc) is 2.77. The second-order valence-electron chi connectivity index (χ2n) is 8.00. The van der Waals surface area contributed by atoms with E-state index >= 15 is 0 Å². The van der Waals surface area contributed by atoms with Gasteiger partial charge in [-0.3, -0.25) is 4.79 Å². The molecular formula is C23H30F7NO3. The number of benzene rings is 1. The van der Waals surface area contributed by atoms with E-state index in [0.717, 1.165) is 44.9 Å². The first-order valence-electron chi connectivity index (χ1n) is 11.2. The molecule has 0 aromatic heterocycles. The zero-order valence-corrected chi connectivity index (χ0v) is 18.9. The van der Waals surface area contributed by atoms with Gasteiger partial charge >= 0.3 is 24.0 Å². The molecule has 1 aromatic rings. The monoisotopic (exact) mass is 501 g/mol. The van der Waals surface area contributed by atoms with E-state index in [2.05, 4.69) is 6.92 Å². The van der Waals surface area contributed by atoms with E-state index in [9.17, 15) is 40.3 Å². The standard InChI is InChI=1S/C23H30F7NO3/c1-2-3-4-5-6-7-8-12-15-34-19(32)18(16-17-13-10-9-11-14-17)31-20(33)21(24,25)22(26,27)23(28,29)30/h9-11,13-14,18H,2-8,12,15-16H2,1H3,(H,31,33). The molecule has 1 atom stereocenters. The number of esters is 1. The van der Waals surface area contributed by atoms with Crippen molar-refractivity contribution in [3.63, 3.8) is 0 Å². The van der Waals surface area contributed by atoms with Gasteiger partial charge in [0.15, 0.2) is 0 Å². The Bertz CT molecular complexity index is 755. The fourth-order valence-corrected chi connectivity index (χ4v) is 3.12. The maximum absolute atomic E-state index is 13.7. The topological polar surface area (TPSA) is 55.4 Å².